The first-order valence-corrected chi connectivity index (χ1v) is 9.92. The van der Waals surface area contributed by atoms with Crippen LogP contribution in [0.4, 0.5) is 10.7 Å². The molecule has 0 radical (unpaired) electrons. The van der Waals surface area contributed by atoms with Crippen molar-refractivity contribution in [3.05, 3.63) is 43.1 Å². The van der Waals surface area contributed by atoms with Gasteiger partial charge in [0, 0.05) is 8.95 Å². The second kappa shape index (κ2) is 8.94. The summed E-state index contributed by atoms with van der Waals surface area (Å²) in [5, 5.41) is 6.65. The molecule has 0 amide bonds. The van der Waals surface area contributed by atoms with Crippen molar-refractivity contribution in [1.29, 1.82) is 0 Å². The number of rotatable bonds is 4. The number of nitrogens with one attached hydrogen (secondary N) is 2. The summed E-state index contributed by atoms with van der Waals surface area (Å²) in [7, 11) is 2.56. The van der Waals surface area contributed by atoms with E-state index < -0.39 is 11.9 Å². The number of esters is 2. The number of methoxy groups -OCH3 is 2. The molecule has 0 spiro atoms. The summed E-state index contributed by atoms with van der Waals surface area (Å²) in [5.41, 5.74) is 1.47. The van der Waals surface area contributed by atoms with Crippen LogP contribution in [0.15, 0.2) is 27.1 Å². The maximum atomic E-state index is 12.1. The first-order chi connectivity index (χ1) is 12.3. The number of carbonyl (C=O) groups excluding carboxylic acids is 2. The minimum absolute atomic E-state index is 0.247. The zero-order valence-corrected chi connectivity index (χ0v) is 18.7. The zero-order chi connectivity index (χ0) is 19.4. The summed E-state index contributed by atoms with van der Waals surface area (Å²) < 4.78 is 11.3. The molecule has 26 heavy (non-hydrogen) atoms. The number of benzene rings is 1. The van der Waals surface area contributed by atoms with E-state index in [2.05, 4.69) is 42.5 Å². The lowest BCUT2D eigenvalue weighted by molar-refractivity contribution is 0.0601. The molecule has 6 nitrogen and oxygen atoms in total. The molecule has 0 saturated carbocycles. The molecule has 10 heteroatoms. The third-order valence-electron chi connectivity index (χ3n) is 3.31. The lowest BCUT2D eigenvalue weighted by Crippen LogP contribution is -2.20. The molecule has 0 unspecified atom stereocenters. The highest BCUT2D eigenvalue weighted by molar-refractivity contribution is 9.11. The van der Waals surface area contributed by atoms with Gasteiger partial charge in [-0.05, 0) is 58.8 Å². The van der Waals surface area contributed by atoms with Crippen LogP contribution in [0, 0.1) is 6.92 Å². The predicted molar refractivity (Wildman–Crippen MR) is 113 cm³/mol. The van der Waals surface area contributed by atoms with Gasteiger partial charge in [-0.1, -0.05) is 15.9 Å². The van der Waals surface area contributed by atoms with Crippen molar-refractivity contribution in [2.75, 3.05) is 24.9 Å². The summed E-state index contributed by atoms with van der Waals surface area (Å²) in [6.07, 6.45) is 0. The molecule has 0 aliphatic rings. The van der Waals surface area contributed by atoms with Gasteiger partial charge in [0.2, 0.25) is 0 Å². The molecule has 0 aliphatic heterocycles. The second-order valence-corrected chi connectivity index (χ2v) is 8.15. The van der Waals surface area contributed by atoms with E-state index in [1.54, 1.807) is 6.92 Å². The van der Waals surface area contributed by atoms with Crippen LogP contribution in [-0.4, -0.2) is 31.3 Å². The van der Waals surface area contributed by atoms with Gasteiger partial charge in [0.15, 0.2) is 5.11 Å². The molecule has 1 heterocycles. The van der Waals surface area contributed by atoms with Gasteiger partial charge in [-0.2, -0.15) is 0 Å². The molecule has 2 aromatic rings. The molecule has 0 fully saturated rings. The highest BCUT2D eigenvalue weighted by Crippen LogP contribution is 2.34. The van der Waals surface area contributed by atoms with Crippen molar-refractivity contribution >= 4 is 83.2 Å². The molecular weight excluding hydrogens is 508 g/mol. The Morgan fingerprint density at radius 3 is 2.35 bits per heavy atom. The fourth-order valence-electron chi connectivity index (χ4n) is 2.08. The van der Waals surface area contributed by atoms with Crippen molar-refractivity contribution < 1.29 is 19.1 Å². The van der Waals surface area contributed by atoms with Gasteiger partial charge < -0.3 is 20.1 Å². The number of carbonyl (C=O) groups is 2. The lowest BCUT2D eigenvalue weighted by Gasteiger charge is -2.12. The van der Waals surface area contributed by atoms with Crippen LogP contribution in [0.3, 0.4) is 0 Å². The number of thiophene rings is 1. The van der Waals surface area contributed by atoms with Gasteiger partial charge in [0.1, 0.15) is 9.88 Å². The molecule has 0 saturated heterocycles. The molecule has 2 rings (SSSR count). The SMILES string of the molecule is COC(=O)c1sc(NC(=S)Nc2ccc(Br)cc2Br)c(C(=O)OC)c1C. The maximum Gasteiger partial charge on any atom is 0.348 e. The Morgan fingerprint density at radius 2 is 1.77 bits per heavy atom. The van der Waals surface area contributed by atoms with Crippen LogP contribution in [-0.2, 0) is 9.47 Å². The first-order valence-electron chi connectivity index (χ1n) is 7.11. The number of thiocarbonyl (C=S) groups is 1. The molecular formula is C16H14Br2N2O4S2. The van der Waals surface area contributed by atoms with E-state index in [1.165, 1.54) is 14.2 Å². The second-order valence-electron chi connectivity index (χ2n) is 4.95. The molecule has 0 atom stereocenters. The summed E-state index contributed by atoms with van der Waals surface area (Å²) >= 11 is 13.2. The number of halogens is 2. The summed E-state index contributed by atoms with van der Waals surface area (Å²) in [5.74, 6) is -1.09. The fourth-order valence-corrected chi connectivity index (χ4v) is 4.62. The van der Waals surface area contributed by atoms with Crippen molar-refractivity contribution in [3.63, 3.8) is 0 Å². The Labute approximate surface area is 176 Å². The molecule has 1 aromatic heterocycles. The van der Waals surface area contributed by atoms with E-state index in [4.69, 9.17) is 21.7 Å². The summed E-state index contributed by atoms with van der Waals surface area (Å²) in [6.45, 7) is 1.65. The number of ether oxygens (including phenoxy) is 2. The largest absolute Gasteiger partial charge is 0.465 e. The van der Waals surface area contributed by atoms with E-state index in [-0.39, 0.29) is 10.7 Å². The van der Waals surface area contributed by atoms with Crippen LogP contribution < -0.4 is 10.6 Å². The van der Waals surface area contributed by atoms with E-state index in [9.17, 15) is 9.59 Å². The molecule has 138 valence electrons. The number of hydrogen-bond donors (Lipinski definition) is 2. The Hall–Kier alpha value is -1.49. The van der Waals surface area contributed by atoms with Gasteiger partial charge in [0.25, 0.3) is 0 Å². The Bertz CT molecular complexity index is 883. The number of hydrogen-bond acceptors (Lipinski definition) is 6. The van der Waals surface area contributed by atoms with Crippen LogP contribution >= 0.6 is 55.4 Å². The zero-order valence-electron chi connectivity index (χ0n) is 13.9. The quantitative estimate of drug-likeness (QED) is 0.434. The third-order valence-corrected chi connectivity index (χ3v) is 5.85. The number of anilines is 2. The van der Waals surface area contributed by atoms with Crippen molar-refractivity contribution in [2.24, 2.45) is 0 Å². The van der Waals surface area contributed by atoms with Gasteiger partial charge >= 0.3 is 11.9 Å². The van der Waals surface area contributed by atoms with E-state index >= 15 is 0 Å². The minimum Gasteiger partial charge on any atom is -0.465 e. The Kier molecular flexibility index (Phi) is 7.16. The normalized spacial score (nSPS) is 10.2. The third kappa shape index (κ3) is 4.61. The first kappa shape index (κ1) is 20.8. The van der Waals surface area contributed by atoms with Crippen LogP contribution in [0.1, 0.15) is 25.6 Å². The summed E-state index contributed by atoms with van der Waals surface area (Å²) in [4.78, 5) is 24.3. The highest BCUT2D eigenvalue weighted by Gasteiger charge is 2.26. The van der Waals surface area contributed by atoms with Crippen molar-refractivity contribution in [1.82, 2.24) is 0 Å². The smallest absolute Gasteiger partial charge is 0.348 e. The highest BCUT2D eigenvalue weighted by atomic mass is 79.9. The Morgan fingerprint density at radius 1 is 1.12 bits per heavy atom. The lowest BCUT2D eigenvalue weighted by atomic mass is 10.1. The van der Waals surface area contributed by atoms with E-state index in [1.807, 2.05) is 18.2 Å². The van der Waals surface area contributed by atoms with Gasteiger partial charge in [-0.25, -0.2) is 9.59 Å². The average Bonchev–Trinajstić information content (AvgIpc) is 2.92. The molecule has 2 N–H and O–H groups in total. The summed E-state index contributed by atoms with van der Waals surface area (Å²) in [6, 6.07) is 5.57. The van der Waals surface area contributed by atoms with E-state index in [0.29, 0.717) is 15.4 Å². The predicted octanol–water partition coefficient (Wildman–Crippen LogP) is 4.96. The molecule has 1 aromatic carbocycles. The standard InChI is InChI=1S/C16H14Br2N2O4S2/c1-7-11(14(21)23-2)13(26-12(7)15(22)24-3)20-16(25)19-10-5-4-8(17)6-9(10)18/h4-6H,1-3H3,(H2,19,20,25). The van der Waals surface area contributed by atoms with Crippen LogP contribution in [0.25, 0.3) is 0 Å². The van der Waals surface area contributed by atoms with Gasteiger partial charge in [-0.3, -0.25) is 0 Å². The van der Waals surface area contributed by atoms with Gasteiger partial charge in [0.05, 0.1) is 25.5 Å². The average molecular weight is 522 g/mol. The van der Waals surface area contributed by atoms with Crippen LogP contribution in [0.2, 0.25) is 0 Å². The Balaban J connectivity index is 2.31. The monoisotopic (exact) mass is 520 g/mol. The fraction of sp³-hybridized carbons (Fsp3) is 0.188. The van der Waals surface area contributed by atoms with Crippen LogP contribution in [0.5, 0.6) is 0 Å². The molecule has 0 aliphatic carbocycles. The topological polar surface area (TPSA) is 76.7 Å². The van der Waals surface area contributed by atoms with Gasteiger partial charge in [-0.15, -0.1) is 11.3 Å². The van der Waals surface area contributed by atoms with E-state index in [0.717, 1.165) is 26.0 Å². The minimum atomic E-state index is -0.566. The van der Waals surface area contributed by atoms with Crippen molar-refractivity contribution in [2.45, 2.75) is 6.92 Å². The maximum absolute atomic E-state index is 12.1. The molecule has 0 bridgehead atoms. The van der Waals surface area contributed by atoms with Crippen molar-refractivity contribution in [3.8, 4) is 0 Å².